The van der Waals surface area contributed by atoms with E-state index in [1.165, 1.54) is 4.31 Å². The Kier molecular flexibility index (Phi) is 5.06. The first kappa shape index (κ1) is 15.8. The molecule has 1 saturated heterocycles. The third-order valence-electron chi connectivity index (χ3n) is 3.23. The van der Waals surface area contributed by atoms with E-state index in [-0.39, 0.29) is 10.9 Å². The minimum absolute atomic E-state index is 0.0674. The Morgan fingerprint density at radius 1 is 1.50 bits per heavy atom. The van der Waals surface area contributed by atoms with E-state index < -0.39 is 10.0 Å². The van der Waals surface area contributed by atoms with Gasteiger partial charge in [0.05, 0.1) is 6.61 Å². The molecule has 1 heterocycles. The highest BCUT2D eigenvalue weighted by Crippen LogP contribution is 2.31. The highest BCUT2D eigenvalue weighted by molar-refractivity contribution is 9.10. The van der Waals surface area contributed by atoms with Gasteiger partial charge in [-0.3, -0.25) is 0 Å². The van der Waals surface area contributed by atoms with E-state index in [1.54, 1.807) is 18.2 Å². The number of halogens is 1. The summed E-state index contributed by atoms with van der Waals surface area (Å²) in [5.74, 6) is 0.404. The van der Waals surface area contributed by atoms with Crippen molar-refractivity contribution in [2.24, 2.45) is 0 Å². The van der Waals surface area contributed by atoms with Crippen LogP contribution in [0.3, 0.4) is 0 Å². The first-order valence-corrected chi connectivity index (χ1v) is 8.85. The summed E-state index contributed by atoms with van der Waals surface area (Å²) in [4.78, 5) is 0.225. The van der Waals surface area contributed by atoms with Crippen LogP contribution in [0.5, 0.6) is 5.75 Å². The summed E-state index contributed by atoms with van der Waals surface area (Å²) in [5, 5.41) is 3.19. The van der Waals surface area contributed by atoms with Crippen LogP contribution in [-0.4, -0.2) is 45.0 Å². The molecule has 0 radical (unpaired) electrons. The topological polar surface area (TPSA) is 58.6 Å². The summed E-state index contributed by atoms with van der Waals surface area (Å²) in [6.45, 7) is 5.98. The molecular weight excluding hydrogens is 344 g/mol. The molecule has 0 unspecified atom stereocenters. The van der Waals surface area contributed by atoms with E-state index in [4.69, 9.17) is 4.74 Å². The van der Waals surface area contributed by atoms with Gasteiger partial charge in [0.2, 0.25) is 10.0 Å². The fourth-order valence-electron chi connectivity index (χ4n) is 2.26. The number of nitrogens with one attached hydrogen (secondary N) is 1. The summed E-state index contributed by atoms with van der Waals surface area (Å²) in [6, 6.07) is 5.01. The number of benzene rings is 1. The standard InChI is InChI=1S/C13H19BrN2O3S/c1-3-19-12-5-4-11(14)8-13(12)20(17,18)16-7-6-15-9-10(16)2/h4-5,8,10,15H,3,6-7,9H2,1-2H3/t10-/m0/s1. The van der Waals surface area contributed by atoms with Gasteiger partial charge in [-0.2, -0.15) is 4.31 Å². The van der Waals surface area contributed by atoms with Crippen LogP contribution in [0.4, 0.5) is 0 Å². The van der Waals surface area contributed by atoms with Crippen LogP contribution in [0.15, 0.2) is 27.6 Å². The van der Waals surface area contributed by atoms with Gasteiger partial charge in [-0.25, -0.2) is 8.42 Å². The zero-order valence-corrected chi connectivity index (χ0v) is 14.0. The van der Waals surface area contributed by atoms with Crippen molar-refractivity contribution in [1.82, 2.24) is 9.62 Å². The van der Waals surface area contributed by atoms with Crippen LogP contribution in [0, 0.1) is 0 Å². The van der Waals surface area contributed by atoms with Gasteiger partial charge in [-0.15, -0.1) is 0 Å². The van der Waals surface area contributed by atoms with Gasteiger partial charge in [-0.1, -0.05) is 15.9 Å². The maximum Gasteiger partial charge on any atom is 0.247 e. The predicted molar refractivity (Wildman–Crippen MR) is 81.5 cm³/mol. The maximum absolute atomic E-state index is 12.8. The monoisotopic (exact) mass is 362 g/mol. The Balaban J connectivity index is 2.44. The lowest BCUT2D eigenvalue weighted by Crippen LogP contribution is -2.52. The van der Waals surface area contributed by atoms with Gasteiger partial charge in [-0.05, 0) is 32.0 Å². The van der Waals surface area contributed by atoms with Crippen molar-refractivity contribution in [3.8, 4) is 5.75 Å². The second-order valence-corrected chi connectivity index (χ2v) is 7.47. The summed E-state index contributed by atoms with van der Waals surface area (Å²) < 4.78 is 33.4. The molecule has 0 aliphatic carbocycles. The Labute approximate surface area is 128 Å². The minimum atomic E-state index is -3.55. The number of nitrogens with zero attached hydrogens (tertiary/aromatic N) is 1. The lowest BCUT2D eigenvalue weighted by Gasteiger charge is -2.33. The summed E-state index contributed by atoms with van der Waals surface area (Å²) in [7, 11) is -3.55. The molecule has 1 aromatic rings. The van der Waals surface area contributed by atoms with Crippen molar-refractivity contribution in [3.63, 3.8) is 0 Å². The molecule has 0 bridgehead atoms. The van der Waals surface area contributed by atoms with Gasteiger partial charge in [0.1, 0.15) is 10.6 Å². The first-order chi connectivity index (χ1) is 9.46. The molecule has 5 nitrogen and oxygen atoms in total. The average Bonchev–Trinajstić information content (AvgIpc) is 2.41. The van der Waals surface area contributed by atoms with Crippen molar-refractivity contribution < 1.29 is 13.2 Å². The number of ether oxygens (including phenoxy) is 1. The van der Waals surface area contributed by atoms with Crippen molar-refractivity contribution in [2.45, 2.75) is 24.8 Å². The van der Waals surface area contributed by atoms with Crippen LogP contribution in [0.25, 0.3) is 0 Å². The minimum Gasteiger partial charge on any atom is -0.492 e. The average molecular weight is 363 g/mol. The van der Waals surface area contributed by atoms with E-state index >= 15 is 0 Å². The molecule has 2 rings (SSSR count). The molecule has 1 aliphatic rings. The molecule has 1 aliphatic heterocycles. The van der Waals surface area contributed by atoms with Gasteiger partial charge in [0.25, 0.3) is 0 Å². The van der Waals surface area contributed by atoms with Gasteiger partial charge < -0.3 is 10.1 Å². The van der Waals surface area contributed by atoms with Crippen LogP contribution in [-0.2, 0) is 10.0 Å². The molecule has 1 fully saturated rings. The number of sulfonamides is 1. The highest BCUT2D eigenvalue weighted by atomic mass is 79.9. The number of hydrogen-bond acceptors (Lipinski definition) is 4. The molecule has 112 valence electrons. The molecule has 0 spiro atoms. The molecule has 0 saturated carbocycles. The van der Waals surface area contributed by atoms with Crippen molar-refractivity contribution >= 4 is 26.0 Å². The number of piperazine rings is 1. The molecule has 1 aromatic carbocycles. The fraction of sp³-hybridized carbons (Fsp3) is 0.538. The Hall–Kier alpha value is -0.630. The second kappa shape index (κ2) is 6.43. The Morgan fingerprint density at radius 2 is 2.25 bits per heavy atom. The normalized spacial score (nSPS) is 20.9. The molecule has 7 heteroatoms. The zero-order valence-electron chi connectivity index (χ0n) is 11.6. The van der Waals surface area contributed by atoms with Gasteiger partial charge in [0.15, 0.2) is 0 Å². The summed E-state index contributed by atoms with van der Waals surface area (Å²) in [6.07, 6.45) is 0. The summed E-state index contributed by atoms with van der Waals surface area (Å²) >= 11 is 3.33. The molecule has 0 aromatic heterocycles. The van der Waals surface area contributed by atoms with E-state index in [9.17, 15) is 8.42 Å². The lowest BCUT2D eigenvalue weighted by atomic mass is 10.3. The lowest BCUT2D eigenvalue weighted by molar-refractivity contribution is 0.280. The van der Waals surface area contributed by atoms with Crippen LogP contribution >= 0.6 is 15.9 Å². The van der Waals surface area contributed by atoms with Gasteiger partial charge in [0, 0.05) is 30.1 Å². The smallest absolute Gasteiger partial charge is 0.247 e. The molecule has 0 amide bonds. The maximum atomic E-state index is 12.8. The molecular formula is C13H19BrN2O3S. The molecule has 20 heavy (non-hydrogen) atoms. The molecule has 1 N–H and O–H groups in total. The zero-order chi connectivity index (χ0) is 14.8. The van der Waals surface area contributed by atoms with E-state index in [1.807, 2.05) is 13.8 Å². The summed E-state index contributed by atoms with van der Waals surface area (Å²) in [5.41, 5.74) is 0. The Bertz CT molecular complexity index is 577. The second-order valence-electron chi connectivity index (χ2n) is 4.69. The van der Waals surface area contributed by atoms with Crippen LogP contribution in [0.2, 0.25) is 0 Å². The molecule has 1 atom stereocenters. The van der Waals surface area contributed by atoms with E-state index in [2.05, 4.69) is 21.2 Å². The van der Waals surface area contributed by atoms with E-state index in [0.717, 1.165) is 4.47 Å². The van der Waals surface area contributed by atoms with Crippen molar-refractivity contribution in [3.05, 3.63) is 22.7 Å². The highest BCUT2D eigenvalue weighted by Gasteiger charge is 2.33. The van der Waals surface area contributed by atoms with Gasteiger partial charge >= 0.3 is 0 Å². The largest absolute Gasteiger partial charge is 0.492 e. The van der Waals surface area contributed by atoms with Crippen molar-refractivity contribution in [2.75, 3.05) is 26.2 Å². The third-order valence-corrected chi connectivity index (χ3v) is 5.76. The fourth-order valence-corrected chi connectivity index (χ4v) is 4.57. The van der Waals surface area contributed by atoms with Crippen LogP contribution < -0.4 is 10.1 Å². The number of hydrogen-bond donors (Lipinski definition) is 1. The third kappa shape index (κ3) is 3.16. The SMILES string of the molecule is CCOc1ccc(Br)cc1S(=O)(=O)N1CCNC[C@@H]1C. The first-order valence-electron chi connectivity index (χ1n) is 6.61. The number of rotatable bonds is 4. The Morgan fingerprint density at radius 3 is 2.90 bits per heavy atom. The predicted octanol–water partition coefficient (Wildman–Crippen LogP) is 1.83. The van der Waals surface area contributed by atoms with Crippen molar-refractivity contribution in [1.29, 1.82) is 0 Å². The van der Waals surface area contributed by atoms with E-state index in [0.29, 0.717) is 32.0 Å². The van der Waals surface area contributed by atoms with Crippen LogP contribution in [0.1, 0.15) is 13.8 Å². The quantitative estimate of drug-likeness (QED) is 0.887.